The van der Waals surface area contributed by atoms with Crippen LogP contribution in [0.4, 0.5) is 0 Å². The van der Waals surface area contributed by atoms with Crippen molar-refractivity contribution in [3.63, 3.8) is 0 Å². The predicted octanol–water partition coefficient (Wildman–Crippen LogP) is 3.36. The molecule has 1 rings (SSSR count). The molecule has 0 aliphatic heterocycles. The molecule has 3 heteroatoms. The summed E-state index contributed by atoms with van der Waals surface area (Å²) in [6.45, 7) is 6.36. The SMILES string of the molecule is CC(C)(C)c1cccc(C(Cl)=NO)c1. The van der Waals surface area contributed by atoms with Crippen molar-refractivity contribution in [2.24, 2.45) is 5.16 Å². The maximum atomic E-state index is 8.54. The number of nitrogens with zero attached hydrogens (tertiary/aromatic N) is 1. The summed E-state index contributed by atoms with van der Waals surface area (Å²) in [4.78, 5) is 0. The Hall–Kier alpha value is -1.02. The monoisotopic (exact) mass is 211 g/mol. The zero-order chi connectivity index (χ0) is 10.8. The van der Waals surface area contributed by atoms with Gasteiger partial charge >= 0.3 is 0 Å². The highest BCUT2D eigenvalue weighted by Gasteiger charge is 2.14. The Morgan fingerprint density at radius 3 is 2.50 bits per heavy atom. The maximum Gasteiger partial charge on any atom is 0.175 e. The molecule has 1 N–H and O–H groups in total. The van der Waals surface area contributed by atoms with Crippen LogP contribution in [0, 0.1) is 0 Å². The van der Waals surface area contributed by atoms with Crippen LogP contribution in [0.2, 0.25) is 0 Å². The molecule has 0 amide bonds. The third-order valence-corrected chi connectivity index (χ3v) is 2.35. The molecule has 76 valence electrons. The van der Waals surface area contributed by atoms with Crippen LogP contribution in [0.1, 0.15) is 31.9 Å². The van der Waals surface area contributed by atoms with E-state index in [1.54, 1.807) is 0 Å². The van der Waals surface area contributed by atoms with Gasteiger partial charge in [0, 0.05) is 5.56 Å². The van der Waals surface area contributed by atoms with Crippen molar-refractivity contribution in [1.29, 1.82) is 0 Å². The topological polar surface area (TPSA) is 32.6 Å². The largest absolute Gasteiger partial charge is 0.410 e. The molecule has 1 aromatic rings. The van der Waals surface area contributed by atoms with E-state index in [4.69, 9.17) is 16.8 Å². The van der Waals surface area contributed by atoms with Gasteiger partial charge in [0.25, 0.3) is 0 Å². The fourth-order valence-electron chi connectivity index (χ4n) is 1.17. The van der Waals surface area contributed by atoms with Gasteiger partial charge in [-0.2, -0.15) is 0 Å². The van der Waals surface area contributed by atoms with Gasteiger partial charge in [0.15, 0.2) is 5.17 Å². The summed E-state index contributed by atoms with van der Waals surface area (Å²) in [7, 11) is 0. The summed E-state index contributed by atoms with van der Waals surface area (Å²) in [6, 6.07) is 7.69. The molecule has 0 radical (unpaired) electrons. The van der Waals surface area contributed by atoms with Gasteiger partial charge in [0.1, 0.15) is 0 Å². The predicted molar refractivity (Wildman–Crippen MR) is 59.3 cm³/mol. The van der Waals surface area contributed by atoms with Gasteiger partial charge in [-0.25, -0.2) is 0 Å². The molecule has 0 spiro atoms. The molecule has 0 saturated carbocycles. The van der Waals surface area contributed by atoms with Crippen molar-refractivity contribution in [2.45, 2.75) is 26.2 Å². The van der Waals surface area contributed by atoms with Crippen LogP contribution in [-0.4, -0.2) is 10.4 Å². The molecule has 0 heterocycles. The fourth-order valence-corrected chi connectivity index (χ4v) is 1.29. The van der Waals surface area contributed by atoms with E-state index in [2.05, 4.69) is 25.9 Å². The van der Waals surface area contributed by atoms with E-state index >= 15 is 0 Å². The summed E-state index contributed by atoms with van der Waals surface area (Å²) in [6.07, 6.45) is 0. The molecule has 14 heavy (non-hydrogen) atoms. The van der Waals surface area contributed by atoms with Crippen LogP contribution in [0.3, 0.4) is 0 Å². The van der Waals surface area contributed by atoms with Crippen LogP contribution < -0.4 is 0 Å². The zero-order valence-electron chi connectivity index (χ0n) is 8.58. The molecule has 0 unspecified atom stereocenters. The second-order valence-corrected chi connectivity index (χ2v) is 4.58. The summed E-state index contributed by atoms with van der Waals surface area (Å²) in [5.74, 6) is 0. The van der Waals surface area contributed by atoms with Gasteiger partial charge in [-0.05, 0) is 17.0 Å². The molecule has 0 bridgehead atoms. The average molecular weight is 212 g/mol. The maximum absolute atomic E-state index is 8.54. The summed E-state index contributed by atoms with van der Waals surface area (Å²) in [5, 5.41) is 11.6. The van der Waals surface area contributed by atoms with Gasteiger partial charge in [0.05, 0.1) is 0 Å². The van der Waals surface area contributed by atoms with Crippen LogP contribution >= 0.6 is 11.6 Å². The van der Waals surface area contributed by atoms with E-state index in [9.17, 15) is 0 Å². The number of rotatable bonds is 1. The zero-order valence-corrected chi connectivity index (χ0v) is 9.34. The second-order valence-electron chi connectivity index (χ2n) is 4.22. The molecule has 0 aliphatic rings. The normalized spacial score (nSPS) is 13.0. The van der Waals surface area contributed by atoms with Crippen molar-refractivity contribution in [3.8, 4) is 0 Å². The van der Waals surface area contributed by atoms with Crippen LogP contribution in [0.25, 0.3) is 0 Å². The minimum absolute atomic E-state index is 0.0721. The lowest BCUT2D eigenvalue weighted by Gasteiger charge is -2.19. The van der Waals surface area contributed by atoms with E-state index in [0.29, 0.717) is 0 Å². The number of halogens is 1. The highest BCUT2D eigenvalue weighted by molar-refractivity contribution is 6.69. The van der Waals surface area contributed by atoms with E-state index in [0.717, 1.165) is 11.1 Å². The first-order valence-corrected chi connectivity index (χ1v) is 4.81. The first-order chi connectivity index (χ1) is 6.45. The number of oxime groups is 1. The van der Waals surface area contributed by atoms with Crippen molar-refractivity contribution in [3.05, 3.63) is 35.4 Å². The molecular weight excluding hydrogens is 198 g/mol. The Morgan fingerprint density at radius 2 is 2.00 bits per heavy atom. The standard InChI is InChI=1S/C11H14ClNO/c1-11(2,3)9-6-4-5-8(7-9)10(12)13-14/h4-7,14H,1-3H3. The highest BCUT2D eigenvalue weighted by Crippen LogP contribution is 2.23. The Labute approximate surface area is 89.2 Å². The Kier molecular flexibility index (Phi) is 3.17. The lowest BCUT2D eigenvalue weighted by Crippen LogP contribution is -2.11. The minimum Gasteiger partial charge on any atom is -0.410 e. The van der Waals surface area contributed by atoms with Crippen LogP contribution in [0.15, 0.2) is 29.4 Å². The lowest BCUT2D eigenvalue weighted by molar-refractivity contribution is 0.321. The quantitative estimate of drug-likeness (QED) is 0.431. The van der Waals surface area contributed by atoms with Gasteiger partial charge < -0.3 is 5.21 Å². The van der Waals surface area contributed by atoms with Crippen molar-refractivity contribution in [2.75, 3.05) is 0 Å². The van der Waals surface area contributed by atoms with E-state index in [1.807, 2.05) is 24.3 Å². The molecule has 0 saturated heterocycles. The molecular formula is C11H14ClNO. The molecule has 1 aromatic carbocycles. The van der Waals surface area contributed by atoms with Crippen LogP contribution in [-0.2, 0) is 5.41 Å². The van der Waals surface area contributed by atoms with Crippen LogP contribution in [0.5, 0.6) is 0 Å². The van der Waals surface area contributed by atoms with Crippen molar-refractivity contribution >= 4 is 16.8 Å². The first-order valence-electron chi connectivity index (χ1n) is 4.43. The smallest absolute Gasteiger partial charge is 0.175 e. The molecule has 2 nitrogen and oxygen atoms in total. The lowest BCUT2D eigenvalue weighted by atomic mass is 9.86. The van der Waals surface area contributed by atoms with Crippen molar-refractivity contribution < 1.29 is 5.21 Å². The van der Waals surface area contributed by atoms with Gasteiger partial charge in [-0.15, -0.1) is 0 Å². The minimum atomic E-state index is 0.0721. The summed E-state index contributed by atoms with van der Waals surface area (Å²) in [5.41, 5.74) is 1.97. The van der Waals surface area contributed by atoms with E-state index < -0.39 is 0 Å². The third-order valence-electron chi connectivity index (χ3n) is 2.05. The second kappa shape index (κ2) is 4.01. The van der Waals surface area contributed by atoms with E-state index in [-0.39, 0.29) is 10.6 Å². The number of hydrogen-bond donors (Lipinski definition) is 1. The number of benzene rings is 1. The molecule has 0 aliphatic carbocycles. The molecule has 0 aromatic heterocycles. The first kappa shape index (κ1) is 11.1. The van der Waals surface area contributed by atoms with E-state index in [1.165, 1.54) is 0 Å². The Balaban J connectivity index is 3.14. The van der Waals surface area contributed by atoms with Crippen molar-refractivity contribution in [1.82, 2.24) is 0 Å². The highest BCUT2D eigenvalue weighted by atomic mass is 35.5. The van der Waals surface area contributed by atoms with Gasteiger partial charge in [-0.1, -0.05) is 55.7 Å². The Morgan fingerprint density at radius 1 is 1.36 bits per heavy atom. The molecule has 0 fully saturated rings. The summed E-state index contributed by atoms with van der Waals surface area (Å²) < 4.78 is 0. The average Bonchev–Trinajstić information content (AvgIpc) is 2.15. The number of hydrogen-bond acceptors (Lipinski definition) is 2. The van der Waals surface area contributed by atoms with Gasteiger partial charge in [0.2, 0.25) is 0 Å². The summed E-state index contributed by atoms with van der Waals surface area (Å²) >= 11 is 5.71. The Bertz CT molecular complexity index is 353. The van der Waals surface area contributed by atoms with Gasteiger partial charge in [-0.3, -0.25) is 0 Å². The molecule has 0 atom stereocenters. The third kappa shape index (κ3) is 2.48. The fraction of sp³-hybridized carbons (Fsp3) is 0.364.